The predicted octanol–water partition coefficient (Wildman–Crippen LogP) is 3.86. The Bertz CT molecular complexity index is 188. The van der Waals surface area contributed by atoms with Crippen LogP contribution >= 0.6 is 0 Å². The molecular formula is C14H27N. The van der Waals surface area contributed by atoms with Gasteiger partial charge < -0.3 is 5.73 Å². The third kappa shape index (κ3) is 2.55. The molecule has 2 saturated carbocycles. The molecule has 0 bridgehead atoms. The number of hydrogen-bond acceptors (Lipinski definition) is 1. The SMILES string of the molecule is CCCCC1CCC(N)(C2CCC2)CC1. The Balaban J connectivity index is 1.75. The highest BCUT2D eigenvalue weighted by atomic mass is 14.8. The van der Waals surface area contributed by atoms with Crippen molar-refractivity contribution in [1.82, 2.24) is 0 Å². The fourth-order valence-corrected chi connectivity index (χ4v) is 3.39. The van der Waals surface area contributed by atoms with Gasteiger partial charge in [-0.15, -0.1) is 0 Å². The van der Waals surface area contributed by atoms with Crippen molar-refractivity contribution in [2.75, 3.05) is 0 Å². The standard InChI is InChI=1S/C14H27N/c1-2-3-5-12-8-10-14(15,11-9-12)13-6-4-7-13/h12-13H,2-11,15H2,1H3. The zero-order valence-electron chi connectivity index (χ0n) is 10.3. The van der Waals surface area contributed by atoms with E-state index in [4.69, 9.17) is 5.73 Å². The first-order valence-electron chi connectivity index (χ1n) is 7.03. The van der Waals surface area contributed by atoms with Gasteiger partial charge in [-0.2, -0.15) is 0 Å². The minimum absolute atomic E-state index is 0.251. The summed E-state index contributed by atoms with van der Waals surface area (Å²) < 4.78 is 0. The maximum atomic E-state index is 6.56. The van der Waals surface area contributed by atoms with Crippen molar-refractivity contribution in [3.05, 3.63) is 0 Å². The molecule has 0 saturated heterocycles. The Morgan fingerprint density at radius 3 is 2.27 bits per heavy atom. The topological polar surface area (TPSA) is 26.0 Å². The minimum atomic E-state index is 0.251. The summed E-state index contributed by atoms with van der Waals surface area (Å²) in [6.07, 6.45) is 13.9. The van der Waals surface area contributed by atoms with Crippen LogP contribution in [0.5, 0.6) is 0 Å². The Labute approximate surface area is 94.8 Å². The minimum Gasteiger partial charge on any atom is -0.325 e. The smallest absolute Gasteiger partial charge is 0.0183 e. The molecule has 0 aliphatic heterocycles. The lowest BCUT2D eigenvalue weighted by molar-refractivity contribution is 0.101. The number of hydrogen-bond donors (Lipinski definition) is 1. The van der Waals surface area contributed by atoms with Crippen LogP contribution in [0, 0.1) is 11.8 Å². The molecule has 1 heteroatoms. The second-order valence-electron chi connectivity index (χ2n) is 5.95. The van der Waals surface area contributed by atoms with Gasteiger partial charge in [0.1, 0.15) is 0 Å². The zero-order valence-corrected chi connectivity index (χ0v) is 10.3. The Morgan fingerprint density at radius 2 is 1.80 bits per heavy atom. The summed E-state index contributed by atoms with van der Waals surface area (Å²) in [7, 11) is 0. The quantitative estimate of drug-likeness (QED) is 0.747. The summed E-state index contributed by atoms with van der Waals surface area (Å²) in [5.74, 6) is 1.88. The Hall–Kier alpha value is -0.0400. The Morgan fingerprint density at radius 1 is 1.13 bits per heavy atom. The maximum Gasteiger partial charge on any atom is 0.0183 e. The molecule has 1 nitrogen and oxygen atoms in total. The molecule has 0 unspecified atom stereocenters. The van der Waals surface area contributed by atoms with Crippen molar-refractivity contribution in [1.29, 1.82) is 0 Å². The second kappa shape index (κ2) is 4.86. The van der Waals surface area contributed by atoms with Gasteiger partial charge in [-0.1, -0.05) is 32.6 Å². The van der Waals surface area contributed by atoms with E-state index in [-0.39, 0.29) is 5.54 Å². The molecule has 2 fully saturated rings. The van der Waals surface area contributed by atoms with Crippen LogP contribution in [0.25, 0.3) is 0 Å². The molecule has 0 radical (unpaired) electrons. The molecule has 0 aromatic carbocycles. The highest BCUT2D eigenvalue weighted by Gasteiger charge is 2.40. The van der Waals surface area contributed by atoms with E-state index in [1.54, 1.807) is 0 Å². The molecule has 0 atom stereocenters. The first kappa shape index (κ1) is 11.4. The molecule has 2 aliphatic carbocycles. The molecule has 0 aromatic heterocycles. The highest BCUT2D eigenvalue weighted by molar-refractivity contribution is 4.98. The van der Waals surface area contributed by atoms with Crippen LogP contribution in [0.1, 0.15) is 71.1 Å². The second-order valence-corrected chi connectivity index (χ2v) is 5.95. The van der Waals surface area contributed by atoms with Crippen molar-refractivity contribution in [3.8, 4) is 0 Å². The van der Waals surface area contributed by atoms with Crippen LogP contribution in [-0.2, 0) is 0 Å². The average molecular weight is 209 g/mol. The Kier molecular flexibility index (Phi) is 3.71. The van der Waals surface area contributed by atoms with E-state index in [0.717, 1.165) is 11.8 Å². The number of rotatable bonds is 4. The number of nitrogens with two attached hydrogens (primary N) is 1. The molecule has 0 spiro atoms. The van der Waals surface area contributed by atoms with Gasteiger partial charge in [-0.25, -0.2) is 0 Å². The average Bonchev–Trinajstić information content (AvgIpc) is 2.14. The molecule has 0 heterocycles. The van der Waals surface area contributed by atoms with E-state index in [1.807, 2.05) is 0 Å². The van der Waals surface area contributed by atoms with Crippen LogP contribution in [0.15, 0.2) is 0 Å². The monoisotopic (exact) mass is 209 g/mol. The van der Waals surface area contributed by atoms with Crippen LogP contribution < -0.4 is 5.73 Å². The van der Waals surface area contributed by atoms with Gasteiger partial charge in [-0.3, -0.25) is 0 Å². The lowest BCUT2D eigenvalue weighted by Gasteiger charge is -2.47. The van der Waals surface area contributed by atoms with Crippen molar-refractivity contribution < 1.29 is 0 Å². The van der Waals surface area contributed by atoms with Crippen molar-refractivity contribution in [2.24, 2.45) is 17.6 Å². The summed E-state index contributed by atoms with van der Waals surface area (Å²) in [4.78, 5) is 0. The third-order valence-corrected chi connectivity index (χ3v) is 4.92. The van der Waals surface area contributed by atoms with Crippen LogP contribution in [-0.4, -0.2) is 5.54 Å². The van der Waals surface area contributed by atoms with E-state index in [1.165, 1.54) is 64.2 Å². The summed E-state index contributed by atoms with van der Waals surface area (Å²) in [6, 6.07) is 0. The highest BCUT2D eigenvalue weighted by Crippen LogP contribution is 2.44. The van der Waals surface area contributed by atoms with Gasteiger partial charge in [0.15, 0.2) is 0 Å². The van der Waals surface area contributed by atoms with Crippen molar-refractivity contribution in [2.45, 2.75) is 76.7 Å². The van der Waals surface area contributed by atoms with Gasteiger partial charge in [0.05, 0.1) is 0 Å². The third-order valence-electron chi connectivity index (χ3n) is 4.92. The molecule has 88 valence electrons. The van der Waals surface area contributed by atoms with Gasteiger partial charge in [0.2, 0.25) is 0 Å². The fourth-order valence-electron chi connectivity index (χ4n) is 3.39. The van der Waals surface area contributed by atoms with Gasteiger partial charge in [0, 0.05) is 5.54 Å². The predicted molar refractivity (Wildman–Crippen MR) is 65.7 cm³/mol. The molecular weight excluding hydrogens is 182 g/mol. The van der Waals surface area contributed by atoms with Crippen molar-refractivity contribution in [3.63, 3.8) is 0 Å². The largest absolute Gasteiger partial charge is 0.325 e. The summed E-state index contributed by atoms with van der Waals surface area (Å²) in [5, 5.41) is 0. The normalized spacial score (nSPS) is 37.6. The lowest BCUT2D eigenvalue weighted by atomic mass is 9.63. The first-order valence-corrected chi connectivity index (χ1v) is 7.03. The zero-order chi connectivity index (χ0) is 10.7. The molecule has 2 rings (SSSR count). The van der Waals surface area contributed by atoms with E-state index in [2.05, 4.69) is 6.92 Å². The molecule has 2 aliphatic rings. The maximum absolute atomic E-state index is 6.56. The van der Waals surface area contributed by atoms with Crippen LogP contribution in [0.4, 0.5) is 0 Å². The molecule has 2 N–H and O–H groups in total. The summed E-state index contributed by atoms with van der Waals surface area (Å²) in [6.45, 7) is 2.30. The molecule has 0 amide bonds. The van der Waals surface area contributed by atoms with Crippen LogP contribution in [0.2, 0.25) is 0 Å². The van der Waals surface area contributed by atoms with Crippen LogP contribution in [0.3, 0.4) is 0 Å². The summed E-state index contributed by atoms with van der Waals surface area (Å²) in [5.41, 5.74) is 6.81. The van der Waals surface area contributed by atoms with E-state index in [9.17, 15) is 0 Å². The first-order chi connectivity index (χ1) is 7.24. The molecule has 0 aromatic rings. The van der Waals surface area contributed by atoms with Gasteiger partial charge in [0.25, 0.3) is 0 Å². The summed E-state index contributed by atoms with van der Waals surface area (Å²) >= 11 is 0. The van der Waals surface area contributed by atoms with E-state index >= 15 is 0 Å². The fraction of sp³-hybridized carbons (Fsp3) is 1.00. The van der Waals surface area contributed by atoms with E-state index < -0.39 is 0 Å². The molecule has 15 heavy (non-hydrogen) atoms. The van der Waals surface area contributed by atoms with Gasteiger partial charge in [-0.05, 0) is 50.4 Å². The van der Waals surface area contributed by atoms with Gasteiger partial charge >= 0.3 is 0 Å². The van der Waals surface area contributed by atoms with Crippen molar-refractivity contribution >= 4 is 0 Å². The van der Waals surface area contributed by atoms with E-state index in [0.29, 0.717) is 0 Å². The lowest BCUT2D eigenvalue weighted by Crippen LogP contribution is -2.52. The number of unbranched alkanes of at least 4 members (excludes halogenated alkanes) is 1.